The van der Waals surface area contributed by atoms with Crippen LogP contribution in [0, 0.1) is 5.92 Å². The standard InChI is InChI=1S/C8H12O4.2Na/c1-2-3-4-5-6(7(9)10)8(11)12;;/h4-6H,2-3H2,1H3,(H,9,10)(H,11,12);;/q;2*+1/p-2/b5-4+;;. The molecule has 0 rings (SSSR count). The average Bonchev–Trinajstić information content (AvgIpc) is 1.96. The van der Waals surface area contributed by atoms with Gasteiger partial charge in [0.25, 0.3) is 0 Å². The van der Waals surface area contributed by atoms with E-state index in [0.29, 0.717) is 6.42 Å². The van der Waals surface area contributed by atoms with Crippen molar-refractivity contribution < 1.29 is 78.9 Å². The van der Waals surface area contributed by atoms with E-state index in [-0.39, 0.29) is 59.1 Å². The van der Waals surface area contributed by atoms with Gasteiger partial charge in [-0.05, 0) is 6.42 Å². The van der Waals surface area contributed by atoms with E-state index in [1.807, 2.05) is 6.92 Å². The minimum atomic E-state index is -1.64. The molecule has 68 valence electrons. The molecule has 14 heavy (non-hydrogen) atoms. The van der Waals surface area contributed by atoms with Gasteiger partial charge in [-0.15, -0.1) is 0 Å². The second-order valence-corrected chi connectivity index (χ2v) is 2.33. The van der Waals surface area contributed by atoms with E-state index < -0.39 is 17.9 Å². The number of allylic oxidation sites excluding steroid dienone is 1. The van der Waals surface area contributed by atoms with Crippen LogP contribution in [-0.4, -0.2) is 11.9 Å². The smallest absolute Gasteiger partial charge is 0.549 e. The van der Waals surface area contributed by atoms with Gasteiger partial charge in [-0.1, -0.05) is 25.5 Å². The van der Waals surface area contributed by atoms with Crippen molar-refractivity contribution in [2.45, 2.75) is 19.8 Å². The van der Waals surface area contributed by atoms with Gasteiger partial charge in [0.1, 0.15) is 0 Å². The fraction of sp³-hybridized carbons (Fsp3) is 0.500. The Kier molecular flexibility index (Phi) is 16.9. The summed E-state index contributed by atoms with van der Waals surface area (Å²) in [4.78, 5) is 20.3. The Bertz CT molecular complexity index is 190. The predicted molar refractivity (Wildman–Crippen MR) is 37.6 cm³/mol. The molecule has 0 aliphatic carbocycles. The van der Waals surface area contributed by atoms with Crippen molar-refractivity contribution in [1.29, 1.82) is 0 Å². The van der Waals surface area contributed by atoms with E-state index >= 15 is 0 Å². The van der Waals surface area contributed by atoms with E-state index in [4.69, 9.17) is 0 Å². The second-order valence-electron chi connectivity index (χ2n) is 2.33. The minimum Gasteiger partial charge on any atom is -0.549 e. The summed E-state index contributed by atoms with van der Waals surface area (Å²) in [5.41, 5.74) is 0. The topological polar surface area (TPSA) is 80.3 Å². The molecule has 0 bridgehead atoms. The van der Waals surface area contributed by atoms with Gasteiger partial charge in [-0.25, -0.2) is 0 Å². The van der Waals surface area contributed by atoms with Gasteiger partial charge in [0, 0.05) is 0 Å². The van der Waals surface area contributed by atoms with Crippen molar-refractivity contribution in [3.63, 3.8) is 0 Å². The van der Waals surface area contributed by atoms with Crippen LogP contribution in [0.4, 0.5) is 0 Å². The third-order valence-electron chi connectivity index (χ3n) is 1.29. The van der Waals surface area contributed by atoms with Crippen molar-refractivity contribution in [2.24, 2.45) is 5.92 Å². The molecule has 0 saturated heterocycles. The molecule has 0 aromatic heterocycles. The molecule has 4 nitrogen and oxygen atoms in total. The van der Waals surface area contributed by atoms with Crippen molar-refractivity contribution in [1.82, 2.24) is 0 Å². The number of carbonyl (C=O) groups excluding carboxylic acids is 2. The van der Waals surface area contributed by atoms with Crippen LogP contribution < -0.4 is 69.3 Å². The van der Waals surface area contributed by atoms with Crippen LogP contribution in [0.15, 0.2) is 12.2 Å². The maximum Gasteiger partial charge on any atom is 1.00 e. The largest absolute Gasteiger partial charge is 1.00 e. The third kappa shape index (κ3) is 9.24. The van der Waals surface area contributed by atoms with Crippen LogP contribution in [0.25, 0.3) is 0 Å². The summed E-state index contributed by atoms with van der Waals surface area (Å²) in [6, 6.07) is 0. The molecule has 0 atom stereocenters. The van der Waals surface area contributed by atoms with E-state index in [1.165, 1.54) is 6.08 Å². The normalized spacial score (nSPS) is 9.29. The molecule has 0 fully saturated rings. The van der Waals surface area contributed by atoms with Crippen molar-refractivity contribution >= 4 is 11.9 Å². The van der Waals surface area contributed by atoms with Gasteiger partial charge < -0.3 is 19.8 Å². The van der Waals surface area contributed by atoms with E-state index in [0.717, 1.165) is 12.5 Å². The Labute approximate surface area is 127 Å². The maximum absolute atomic E-state index is 10.2. The summed E-state index contributed by atoms with van der Waals surface area (Å²) < 4.78 is 0. The molecule has 0 unspecified atom stereocenters. The van der Waals surface area contributed by atoms with E-state index in [2.05, 4.69) is 0 Å². The van der Waals surface area contributed by atoms with Crippen LogP contribution in [-0.2, 0) is 9.59 Å². The van der Waals surface area contributed by atoms with Gasteiger partial charge in [0.05, 0.1) is 17.9 Å². The first kappa shape index (κ1) is 20.1. The number of hydrogen-bond acceptors (Lipinski definition) is 4. The van der Waals surface area contributed by atoms with Crippen molar-refractivity contribution in [3.8, 4) is 0 Å². The Morgan fingerprint density at radius 1 is 1.21 bits per heavy atom. The molecule has 0 radical (unpaired) electrons. The number of carbonyl (C=O) groups is 2. The first-order chi connectivity index (χ1) is 5.59. The SMILES string of the molecule is CCC/C=C/C(C(=O)[O-])C(=O)[O-].[Na+].[Na+]. The minimum absolute atomic E-state index is 0. The number of carboxylic acids is 2. The number of aliphatic carboxylic acids is 2. The van der Waals surface area contributed by atoms with Gasteiger partial charge in [-0.3, -0.25) is 0 Å². The summed E-state index contributed by atoms with van der Waals surface area (Å²) in [7, 11) is 0. The zero-order valence-corrected chi connectivity index (χ0v) is 12.8. The van der Waals surface area contributed by atoms with Crippen LogP contribution in [0.1, 0.15) is 19.8 Å². The van der Waals surface area contributed by atoms with E-state index in [9.17, 15) is 19.8 Å². The third-order valence-corrected chi connectivity index (χ3v) is 1.29. The van der Waals surface area contributed by atoms with Gasteiger partial charge in [0.15, 0.2) is 0 Å². The average molecular weight is 216 g/mol. The molecule has 6 heteroatoms. The van der Waals surface area contributed by atoms with Crippen molar-refractivity contribution in [3.05, 3.63) is 12.2 Å². The van der Waals surface area contributed by atoms with Gasteiger partial charge in [-0.2, -0.15) is 0 Å². The number of hydrogen-bond donors (Lipinski definition) is 0. The van der Waals surface area contributed by atoms with Gasteiger partial charge in [0.2, 0.25) is 0 Å². The molecule has 0 heterocycles. The molecule has 0 aliphatic rings. The zero-order chi connectivity index (χ0) is 9.56. The summed E-state index contributed by atoms with van der Waals surface area (Å²) in [5, 5.41) is 20.3. The number of carboxylic acid groups (broad SMARTS) is 2. The predicted octanol–water partition coefficient (Wildman–Crippen LogP) is -7.53. The summed E-state index contributed by atoms with van der Waals surface area (Å²) in [6.45, 7) is 1.90. The van der Waals surface area contributed by atoms with E-state index in [1.54, 1.807) is 0 Å². The Morgan fingerprint density at radius 3 is 1.93 bits per heavy atom. The maximum atomic E-state index is 10.2. The van der Waals surface area contributed by atoms with Crippen LogP contribution >= 0.6 is 0 Å². The fourth-order valence-electron chi connectivity index (χ4n) is 0.652. The van der Waals surface area contributed by atoms with Crippen LogP contribution in [0.3, 0.4) is 0 Å². The first-order valence-corrected chi connectivity index (χ1v) is 3.68. The molecule has 0 aromatic carbocycles. The molecule has 0 aliphatic heterocycles. The van der Waals surface area contributed by atoms with Gasteiger partial charge >= 0.3 is 59.1 Å². The molecule has 0 saturated carbocycles. The number of unbranched alkanes of at least 4 members (excludes halogenated alkanes) is 1. The Balaban J connectivity index is -0.000000605. The Morgan fingerprint density at radius 2 is 1.64 bits per heavy atom. The van der Waals surface area contributed by atoms with Crippen molar-refractivity contribution in [2.75, 3.05) is 0 Å². The quantitative estimate of drug-likeness (QED) is 0.260. The molecular formula is C8H10Na2O4. The summed E-state index contributed by atoms with van der Waals surface area (Å²) in [5.74, 6) is -4.90. The molecule has 0 aromatic rings. The Hall–Kier alpha value is 0.680. The molecule has 0 amide bonds. The van der Waals surface area contributed by atoms with Crippen LogP contribution in [0.2, 0.25) is 0 Å². The second kappa shape index (κ2) is 11.8. The first-order valence-electron chi connectivity index (χ1n) is 3.68. The molecule has 0 N–H and O–H groups in total. The fourth-order valence-corrected chi connectivity index (χ4v) is 0.652. The molecular weight excluding hydrogens is 206 g/mol. The zero-order valence-electron chi connectivity index (χ0n) is 8.78. The number of rotatable bonds is 5. The summed E-state index contributed by atoms with van der Waals surface area (Å²) in [6.07, 6.45) is 4.06. The monoisotopic (exact) mass is 216 g/mol. The molecule has 0 spiro atoms. The van der Waals surface area contributed by atoms with Crippen LogP contribution in [0.5, 0.6) is 0 Å². The summed E-state index contributed by atoms with van der Waals surface area (Å²) >= 11 is 0.